The second-order valence-electron chi connectivity index (χ2n) is 7.69. The molecule has 1 atom stereocenters. The number of carbonyl (C=O) groups is 1. The normalized spacial score (nSPS) is 15.8. The number of thiazole rings is 1. The molecule has 31 heavy (non-hydrogen) atoms. The smallest absolute Gasteiger partial charge is 0.416 e. The second-order valence-corrected chi connectivity index (χ2v) is 9.83. The fraction of sp³-hybridized carbons (Fsp3) is 0.304. The summed E-state index contributed by atoms with van der Waals surface area (Å²) < 4.78 is 38.3. The van der Waals surface area contributed by atoms with Crippen molar-refractivity contribution < 1.29 is 23.1 Å². The maximum atomic E-state index is 12.8. The van der Waals surface area contributed by atoms with Gasteiger partial charge >= 0.3 is 12.1 Å². The van der Waals surface area contributed by atoms with E-state index in [4.69, 9.17) is 5.11 Å². The van der Waals surface area contributed by atoms with E-state index >= 15 is 0 Å². The first-order valence-corrected chi connectivity index (χ1v) is 11.6. The van der Waals surface area contributed by atoms with Gasteiger partial charge in [0.05, 0.1) is 11.3 Å². The van der Waals surface area contributed by atoms with Crippen LogP contribution in [0.5, 0.6) is 0 Å². The number of fused-ring (bicyclic) bond motifs is 1. The monoisotopic (exact) mass is 463 g/mol. The number of carboxylic acids is 1. The van der Waals surface area contributed by atoms with Crippen LogP contribution in [0.25, 0.3) is 10.6 Å². The number of carboxylic acid groups (broad SMARTS) is 1. The maximum absolute atomic E-state index is 12.8. The molecule has 162 valence electrons. The largest absolute Gasteiger partial charge is 0.481 e. The average molecular weight is 464 g/mol. The third kappa shape index (κ3) is 5.13. The van der Waals surface area contributed by atoms with E-state index in [-0.39, 0.29) is 12.3 Å². The topological polar surface area (TPSA) is 50.2 Å². The number of hydrogen-bond acceptors (Lipinski definition) is 4. The molecule has 0 saturated heterocycles. The highest BCUT2D eigenvalue weighted by atomic mass is 32.2. The van der Waals surface area contributed by atoms with Crippen molar-refractivity contribution in [2.75, 3.05) is 0 Å². The van der Waals surface area contributed by atoms with Crippen molar-refractivity contribution in [1.82, 2.24) is 4.98 Å². The van der Waals surface area contributed by atoms with Crippen molar-refractivity contribution in [3.63, 3.8) is 0 Å². The number of halogens is 3. The summed E-state index contributed by atoms with van der Waals surface area (Å²) >= 11 is 3.19. The van der Waals surface area contributed by atoms with Gasteiger partial charge in [0.15, 0.2) is 0 Å². The first kappa shape index (κ1) is 21.9. The molecular formula is C23H20F3NO2S2. The first-order chi connectivity index (χ1) is 14.7. The highest BCUT2D eigenvalue weighted by molar-refractivity contribution is 7.98. The predicted octanol–water partition coefficient (Wildman–Crippen LogP) is 6.62. The molecule has 0 spiro atoms. The molecule has 4 rings (SSSR count). The van der Waals surface area contributed by atoms with E-state index in [1.54, 1.807) is 11.8 Å². The molecule has 1 aromatic heterocycles. The summed E-state index contributed by atoms with van der Waals surface area (Å²) in [6.45, 7) is 1.92. The Labute approximate surface area is 186 Å². The van der Waals surface area contributed by atoms with Crippen molar-refractivity contribution in [3.8, 4) is 10.6 Å². The van der Waals surface area contributed by atoms with E-state index < -0.39 is 17.7 Å². The first-order valence-electron chi connectivity index (χ1n) is 9.79. The van der Waals surface area contributed by atoms with Gasteiger partial charge in [0.25, 0.3) is 0 Å². The zero-order valence-corrected chi connectivity index (χ0v) is 18.3. The molecule has 0 aliphatic heterocycles. The molecule has 1 N–H and O–H groups in total. The number of thioether (sulfide) groups is 1. The summed E-state index contributed by atoms with van der Waals surface area (Å²) in [6.07, 6.45) is -2.53. The van der Waals surface area contributed by atoms with E-state index in [1.165, 1.54) is 34.6 Å². The molecule has 3 aromatic rings. The van der Waals surface area contributed by atoms with Crippen LogP contribution in [-0.4, -0.2) is 16.1 Å². The number of aliphatic carboxylic acids is 1. The molecule has 8 heteroatoms. The van der Waals surface area contributed by atoms with Crippen molar-refractivity contribution >= 4 is 29.1 Å². The lowest BCUT2D eigenvalue weighted by molar-refractivity contribution is -0.138. The number of hydrogen-bond donors (Lipinski definition) is 1. The van der Waals surface area contributed by atoms with E-state index in [2.05, 4.69) is 23.2 Å². The summed E-state index contributed by atoms with van der Waals surface area (Å²) in [6, 6.07) is 11.4. The molecule has 1 aliphatic carbocycles. The van der Waals surface area contributed by atoms with Crippen LogP contribution >= 0.6 is 23.1 Å². The minimum atomic E-state index is -4.34. The summed E-state index contributed by atoms with van der Waals surface area (Å²) in [4.78, 5) is 17.7. The Balaban J connectivity index is 1.43. The van der Waals surface area contributed by atoms with Gasteiger partial charge in [-0.25, -0.2) is 4.98 Å². The molecule has 2 aromatic carbocycles. The van der Waals surface area contributed by atoms with E-state index in [1.807, 2.05) is 6.92 Å². The number of rotatable bonds is 6. The zero-order chi connectivity index (χ0) is 22.2. The van der Waals surface area contributed by atoms with Gasteiger partial charge in [0, 0.05) is 27.5 Å². The van der Waals surface area contributed by atoms with Gasteiger partial charge in [0.1, 0.15) is 5.01 Å². The molecular weight excluding hydrogens is 443 g/mol. The standard InChI is InChI=1S/C23H20F3NO2S2/c1-13-20(31-22(27-13)15-2-5-18(6-3-15)23(24,25)26)12-30-19-7-4-16-8-14(10-21(28)29)9-17(16)11-19/h2-7,11,14H,8-10,12H2,1H3,(H,28,29). The fourth-order valence-corrected chi connectivity index (χ4v) is 5.98. The van der Waals surface area contributed by atoms with Crippen LogP contribution in [0.15, 0.2) is 47.4 Å². The molecule has 0 amide bonds. The van der Waals surface area contributed by atoms with Gasteiger partial charge in [-0.1, -0.05) is 18.2 Å². The Morgan fingerprint density at radius 2 is 1.87 bits per heavy atom. The second kappa shape index (κ2) is 8.67. The van der Waals surface area contributed by atoms with Crippen molar-refractivity contribution in [3.05, 3.63) is 69.7 Å². The van der Waals surface area contributed by atoms with Gasteiger partial charge in [0.2, 0.25) is 0 Å². The minimum absolute atomic E-state index is 0.169. The predicted molar refractivity (Wildman–Crippen MR) is 116 cm³/mol. The van der Waals surface area contributed by atoms with Gasteiger partial charge in [-0.05, 0) is 61.1 Å². The number of aryl methyl sites for hydroxylation is 1. The Hall–Kier alpha value is -2.32. The van der Waals surface area contributed by atoms with Crippen molar-refractivity contribution in [2.45, 2.75) is 43.0 Å². The van der Waals surface area contributed by atoms with Crippen LogP contribution < -0.4 is 0 Å². The third-order valence-electron chi connectivity index (χ3n) is 5.38. The third-order valence-corrected chi connectivity index (χ3v) is 7.79. The molecule has 0 radical (unpaired) electrons. The molecule has 1 aliphatic rings. The highest BCUT2D eigenvalue weighted by Crippen LogP contribution is 2.37. The molecule has 0 fully saturated rings. The molecule has 0 saturated carbocycles. The molecule has 3 nitrogen and oxygen atoms in total. The maximum Gasteiger partial charge on any atom is 0.416 e. The van der Waals surface area contributed by atoms with E-state index in [0.717, 1.165) is 46.2 Å². The minimum Gasteiger partial charge on any atom is -0.481 e. The van der Waals surface area contributed by atoms with Gasteiger partial charge < -0.3 is 5.11 Å². The zero-order valence-electron chi connectivity index (χ0n) is 16.7. The lowest BCUT2D eigenvalue weighted by atomic mass is 10.0. The highest BCUT2D eigenvalue weighted by Gasteiger charge is 2.30. The number of aromatic nitrogens is 1. The van der Waals surface area contributed by atoms with Crippen molar-refractivity contribution in [1.29, 1.82) is 0 Å². The summed E-state index contributed by atoms with van der Waals surface area (Å²) in [5, 5.41) is 9.73. The van der Waals surface area contributed by atoms with Crippen LogP contribution in [0.1, 0.15) is 33.7 Å². The Morgan fingerprint density at radius 3 is 2.55 bits per heavy atom. The molecule has 1 unspecified atom stereocenters. The fourth-order valence-electron chi connectivity index (χ4n) is 3.80. The Kier molecular flexibility index (Phi) is 6.12. The summed E-state index contributed by atoms with van der Waals surface area (Å²) in [7, 11) is 0. The van der Waals surface area contributed by atoms with Crippen LogP contribution in [0.2, 0.25) is 0 Å². The Bertz CT molecular complexity index is 1110. The van der Waals surface area contributed by atoms with E-state index in [9.17, 15) is 18.0 Å². The van der Waals surface area contributed by atoms with Gasteiger partial charge in [-0.2, -0.15) is 13.2 Å². The molecule has 0 bridgehead atoms. The van der Waals surface area contributed by atoms with Gasteiger partial charge in [-0.15, -0.1) is 23.1 Å². The summed E-state index contributed by atoms with van der Waals surface area (Å²) in [5.41, 5.74) is 3.36. The van der Waals surface area contributed by atoms with Crippen LogP contribution in [0, 0.1) is 12.8 Å². The van der Waals surface area contributed by atoms with Crippen LogP contribution in [0.3, 0.4) is 0 Å². The lowest BCUT2D eigenvalue weighted by Gasteiger charge is -2.06. The molecule has 1 heterocycles. The SMILES string of the molecule is Cc1nc(-c2ccc(C(F)(F)F)cc2)sc1CSc1ccc2c(c1)CC(CC(=O)O)C2. The van der Waals surface area contributed by atoms with Crippen LogP contribution in [-0.2, 0) is 29.6 Å². The number of benzene rings is 2. The Morgan fingerprint density at radius 1 is 1.16 bits per heavy atom. The number of nitrogens with zero attached hydrogens (tertiary/aromatic N) is 1. The average Bonchev–Trinajstić information content (AvgIpc) is 3.27. The lowest BCUT2D eigenvalue weighted by Crippen LogP contribution is -2.07. The van der Waals surface area contributed by atoms with Crippen molar-refractivity contribution in [2.24, 2.45) is 5.92 Å². The van der Waals surface area contributed by atoms with Crippen LogP contribution in [0.4, 0.5) is 13.2 Å². The quantitative estimate of drug-likeness (QED) is 0.418. The van der Waals surface area contributed by atoms with E-state index in [0.29, 0.717) is 10.6 Å². The summed E-state index contributed by atoms with van der Waals surface area (Å²) in [5.74, 6) is 0.140. The van der Waals surface area contributed by atoms with Gasteiger partial charge in [-0.3, -0.25) is 4.79 Å². The number of alkyl halides is 3.